The van der Waals surface area contributed by atoms with Gasteiger partial charge in [-0.05, 0) is 78.9 Å². The fraction of sp³-hybridized carbons (Fsp3) is 0. The van der Waals surface area contributed by atoms with Crippen LogP contribution in [0.3, 0.4) is 0 Å². The summed E-state index contributed by atoms with van der Waals surface area (Å²) in [6, 6.07) is 68.1. The highest BCUT2D eigenvalue weighted by molar-refractivity contribution is 6.29. The maximum absolute atomic E-state index is 7.12. The molecule has 0 amide bonds. The second-order valence-electron chi connectivity index (χ2n) is 14.6. The lowest BCUT2D eigenvalue weighted by Crippen LogP contribution is -1.97. The molecule has 12 rings (SSSR count). The van der Waals surface area contributed by atoms with Crippen molar-refractivity contribution in [2.45, 2.75) is 0 Å². The van der Waals surface area contributed by atoms with E-state index in [1.54, 1.807) is 0 Å². The molecule has 5 heteroatoms. The highest BCUT2D eigenvalue weighted by Crippen LogP contribution is 2.44. The number of benzene rings is 8. The van der Waals surface area contributed by atoms with Crippen molar-refractivity contribution in [3.8, 4) is 45.3 Å². The van der Waals surface area contributed by atoms with Gasteiger partial charge in [0.05, 0.1) is 44.2 Å². The topological polar surface area (TPSA) is 48.8 Å². The number of rotatable bonds is 5. The predicted octanol–water partition coefficient (Wildman–Crippen LogP) is 13.6. The van der Waals surface area contributed by atoms with Gasteiger partial charge in [0, 0.05) is 49.6 Å². The predicted molar refractivity (Wildman–Crippen MR) is 234 cm³/mol. The lowest BCUT2D eigenvalue weighted by Gasteiger charge is -2.11. The molecular formula is C52H32N4O. The maximum atomic E-state index is 7.12. The second kappa shape index (κ2) is 12.4. The first kappa shape index (κ1) is 31.6. The molecule has 0 radical (unpaired) electrons. The third-order valence-electron chi connectivity index (χ3n) is 11.3. The number of furan rings is 1. The molecule has 0 spiro atoms. The molecular weight excluding hydrogens is 697 g/mol. The summed E-state index contributed by atoms with van der Waals surface area (Å²) >= 11 is 0. The van der Waals surface area contributed by atoms with Crippen LogP contribution in [0.1, 0.15) is 0 Å². The van der Waals surface area contributed by atoms with E-state index in [1.165, 1.54) is 5.39 Å². The second-order valence-corrected chi connectivity index (χ2v) is 14.6. The molecule has 0 unspecified atom stereocenters. The van der Waals surface area contributed by atoms with E-state index < -0.39 is 0 Å². The molecule has 0 aliphatic rings. The Bertz CT molecular complexity index is 3430. The van der Waals surface area contributed by atoms with E-state index in [0.717, 1.165) is 99.6 Å². The monoisotopic (exact) mass is 728 g/mol. The van der Waals surface area contributed by atoms with Crippen LogP contribution in [0.15, 0.2) is 199 Å². The molecule has 57 heavy (non-hydrogen) atoms. The van der Waals surface area contributed by atoms with Gasteiger partial charge in [0.1, 0.15) is 11.2 Å². The summed E-state index contributed by atoms with van der Waals surface area (Å²) in [5, 5.41) is 6.78. The van der Waals surface area contributed by atoms with Gasteiger partial charge in [0.15, 0.2) is 5.82 Å². The third kappa shape index (κ3) is 4.82. The molecule has 4 aromatic heterocycles. The number of hydrogen-bond donors (Lipinski definition) is 0. The number of para-hydroxylation sites is 3. The Morgan fingerprint density at radius 1 is 0.333 bits per heavy atom. The van der Waals surface area contributed by atoms with Gasteiger partial charge in [-0.1, -0.05) is 115 Å². The molecule has 0 atom stereocenters. The average molecular weight is 729 g/mol. The zero-order chi connectivity index (χ0) is 37.5. The van der Waals surface area contributed by atoms with Crippen LogP contribution in [0.4, 0.5) is 0 Å². The smallest absolute Gasteiger partial charge is 0.160 e. The quantitative estimate of drug-likeness (QED) is 0.177. The lowest BCUT2D eigenvalue weighted by atomic mass is 10.1. The van der Waals surface area contributed by atoms with Crippen LogP contribution in [0.25, 0.3) is 111 Å². The van der Waals surface area contributed by atoms with E-state index in [4.69, 9.17) is 14.4 Å². The molecule has 0 saturated heterocycles. The molecule has 0 aliphatic heterocycles. The highest BCUT2D eigenvalue weighted by atomic mass is 16.3. The number of hydrogen-bond acceptors (Lipinski definition) is 3. The van der Waals surface area contributed by atoms with Crippen molar-refractivity contribution in [1.29, 1.82) is 0 Å². The molecule has 266 valence electrons. The van der Waals surface area contributed by atoms with Crippen molar-refractivity contribution in [3.05, 3.63) is 194 Å². The SMILES string of the molecule is c1ccc(-c2cc(-c3ccccc3)nc(-c3ccc(-n4c5ccccc5c5c6oc7c(ccc8c7c7ccccc7n8-c7ccccc7)c6ccc54)cc3)n2)cc1. The first-order valence-corrected chi connectivity index (χ1v) is 19.3. The van der Waals surface area contributed by atoms with Gasteiger partial charge >= 0.3 is 0 Å². The van der Waals surface area contributed by atoms with Crippen molar-refractivity contribution in [2.75, 3.05) is 0 Å². The first-order valence-electron chi connectivity index (χ1n) is 19.3. The minimum atomic E-state index is 0.688. The highest BCUT2D eigenvalue weighted by Gasteiger charge is 2.22. The van der Waals surface area contributed by atoms with Crippen molar-refractivity contribution >= 4 is 65.6 Å². The number of nitrogens with zero attached hydrogens (tertiary/aromatic N) is 4. The Labute approximate surface area is 327 Å². The van der Waals surface area contributed by atoms with Gasteiger partial charge in [-0.3, -0.25) is 0 Å². The van der Waals surface area contributed by atoms with Crippen LogP contribution in [-0.2, 0) is 0 Å². The fourth-order valence-electron chi connectivity index (χ4n) is 8.78. The van der Waals surface area contributed by atoms with E-state index in [9.17, 15) is 0 Å². The van der Waals surface area contributed by atoms with Crippen LogP contribution in [0, 0.1) is 0 Å². The summed E-state index contributed by atoms with van der Waals surface area (Å²) in [7, 11) is 0. The fourth-order valence-corrected chi connectivity index (χ4v) is 8.78. The molecule has 12 aromatic rings. The molecule has 8 aromatic carbocycles. The Morgan fingerprint density at radius 3 is 1.28 bits per heavy atom. The van der Waals surface area contributed by atoms with E-state index >= 15 is 0 Å². The van der Waals surface area contributed by atoms with Crippen molar-refractivity contribution in [3.63, 3.8) is 0 Å². The lowest BCUT2D eigenvalue weighted by molar-refractivity contribution is 0.677. The normalized spacial score (nSPS) is 11.9. The molecule has 0 saturated carbocycles. The van der Waals surface area contributed by atoms with Gasteiger partial charge in [-0.15, -0.1) is 0 Å². The summed E-state index contributed by atoms with van der Waals surface area (Å²) in [6.45, 7) is 0. The van der Waals surface area contributed by atoms with Crippen LogP contribution in [-0.4, -0.2) is 19.1 Å². The molecule has 0 N–H and O–H groups in total. The van der Waals surface area contributed by atoms with Gasteiger partial charge in [0.25, 0.3) is 0 Å². The molecule has 5 nitrogen and oxygen atoms in total. The maximum Gasteiger partial charge on any atom is 0.160 e. The molecule has 0 fully saturated rings. The average Bonchev–Trinajstić information content (AvgIpc) is 3.95. The van der Waals surface area contributed by atoms with Crippen molar-refractivity contribution in [1.82, 2.24) is 19.1 Å². The van der Waals surface area contributed by atoms with Crippen LogP contribution < -0.4 is 0 Å². The van der Waals surface area contributed by atoms with Crippen molar-refractivity contribution in [2.24, 2.45) is 0 Å². The number of fused-ring (bicyclic) bond motifs is 11. The number of aromatic nitrogens is 4. The van der Waals surface area contributed by atoms with Crippen LogP contribution >= 0.6 is 0 Å². The Kier molecular flexibility index (Phi) is 6.86. The zero-order valence-electron chi connectivity index (χ0n) is 30.7. The Morgan fingerprint density at radius 2 is 0.772 bits per heavy atom. The van der Waals surface area contributed by atoms with E-state index in [0.29, 0.717) is 5.82 Å². The molecule has 0 aliphatic carbocycles. The van der Waals surface area contributed by atoms with E-state index in [-0.39, 0.29) is 0 Å². The van der Waals surface area contributed by atoms with Gasteiger partial charge in [-0.2, -0.15) is 0 Å². The standard InChI is InChI=1S/C52H32N4O/c1-4-14-33(15-5-1)42-32-43(34-16-6-2-7-17-34)54-52(53-42)35-24-26-37(27-25-35)56-45-23-13-11-21-41(45)49-47(56)31-29-39-38-28-30-46-48(50(38)57-51(39)49)40-20-10-12-22-44(40)55(46)36-18-8-3-9-19-36/h1-32H. The zero-order valence-corrected chi connectivity index (χ0v) is 30.7. The summed E-state index contributed by atoms with van der Waals surface area (Å²) in [5.74, 6) is 0.688. The van der Waals surface area contributed by atoms with Gasteiger partial charge < -0.3 is 13.6 Å². The first-order chi connectivity index (χ1) is 28.3. The minimum absolute atomic E-state index is 0.688. The summed E-state index contributed by atoms with van der Waals surface area (Å²) in [6.07, 6.45) is 0. The Balaban J connectivity index is 1.04. The van der Waals surface area contributed by atoms with Crippen LogP contribution in [0.2, 0.25) is 0 Å². The van der Waals surface area contributed by atoms with E-state index in [1.807, 2.05) is 36.4 Å². The summed E-state index contributed by atoms with van der Waals surface area (Å²) in [4.78, 5) is 10.1. The van der Waals surface area contributed by atoms with Gasteiger partial charge in [0.2, 0.25) is 0 Å². The van der Waals surface area contributed by atoms with Gasteiger partial charge in [-0.25, -0.2) is 9.97 Å². The largest absolute Gasteiger partial charge is 0.455 e. The summed E-state index contributed by atoms with van der Waals surface area (Å²) in [5.41, 5.74) is 13.3. The Hall–Kier alpha value is -7.76. The molecule has 4 heterocycles. The molecule has 0 bridgehead atoms. The third-order valence-corrected chi connectivity index (χ3v) is 11.3. The minimum Gasteiger partial charge on any atom is -0.455 e. The summed E-state index contributed by atoms with van der Waals surface area (Å²) < 4.78 is 11.8. The van der Waals surface area contributed by atoms with Crippen molar-refractivity contribution < 1.29 is 4.42 Å². The van der Waals surface area contributed by atoms with Crippen LogP contribution in [0.5, 0.6) is 0 Å². The van der Waals surface area contributed by atoms with E-state index in [2.05, 4.69) is 167 Å².